The van der Waals surface area contributed by atoms with E-state index in [1.165, 1.54) is 4.31 Å². The van der Waals surface area contributed by atoms with Crippen molar-refractivity contribution in [3.63, 3.8) is 0 Å². The predicted octanol–water partition coefficient (Wildman–Crippen LogP) is 2.25. The fraction of sp³-hybridized carbons (Fsp3) is 0.316. The van der Waals surface area contributed by atoms with Crippen LogP contribution in [0, 0.1) is 18.8 Å². The van der Waals surface area contributed by atoms with Crippen molar-refractivity contribution < 1.29 is 23.1 Å². The molecular formula is C19H20N2O5S. The first-order valence-corrected chi connectivity index (χ1v) is 10.1. The van der Waals surface area contributed by atoms with Gasteiger partial charge in [-0.05, 0) is 43.7 Å². The minimum atomic E-state index is -3.83. The van der Waals surface area contributed by atoms with Crippen molar-refractivity contribution in [1.82, 2.24) is 0 Å². The highest BCUT2D eigenvalue weighted by Crippen LogP contribution is 2.47. The number of carboxylic acids is 1. The Morgan fingerprint density at radius 3 is 2.56 bits per heavy atom. The number of carbonyl (C=O) groups is 1. The number of rotatable bonds is 4. The summed E-state index contributed by atoms with van der Waals surface area (Å²) in [7, 11) is -3.83. The van der Waals surface area contributed by atoms with E-state index in [-0.39, 0.29) is 17.4 Å². The number of benzene rings is 2. The summed E-state index contributed by atoms with van der Waals surface area (Å²) in [5.74, 6) is -1.18. The summed E-state index contributed by atoms with van der Waals surface area (Å²) >= 11 is 0. The van der Waals surface area contributed by atoms with E-state index in [4.69, 9.17) is 10.5 Å². The normalized spacial score (nSPS) is 24.0. The second kappa shape index (κ2) is 6.16. The van der Waals surface area contributed by atoms with E-state index in [9.17, 15) is 18.3 Å². The molecule has 2 aromatic carbocycles. The number of carboxylic acid groups (broad SMARTS) is 1. The van der Waals surface area contributed by atoms with E-state index >= 15 is 0 Å². The van der Waals surface area contributed by atoms with Crippen molar-refractivity contribution in [2.75, 3.05) is 16.6 Å². The minimum absolute atomic E-state index is 0.0567. The van der Waals surface area contributed by atoms with Crippen LogP contribution in [0.25, 0.3) is 0 Å². The quantitative estimate of drug-likeness (QED) is 0.778. The molecule has 1 fully saturated rings. The Bertz CT molecular complexity index is 1000. The smallest absolute Gasteiger partial charge is 0.306 e. The number of nitrogens with zero attached hydrogens (tertiary/aromatic N) is 1. The molecule has 1 aliphatic heterocycles. The number of anilines is 2. The van der Waals surface area contributed by atoms with E-state index in [1.54, 1.807) is 42.5 Å². The number of sulfonamides is 1. The molecule has 7 nitrogen and oxygen atoms in total. The van der Waals surface area contributed by atoms with Gasteiger partial charge in [-0.1, -0.05) is 17.7 Å². The van der Waals surface area contributed by atoms with Crippen molar-refractivity contribution in [3.05, 3.63) is 48.0 Å². The van der Waals surface area contributed by atoms with Crippen LogP contribution in [0.15, 0.2) is 47.4 Å². The van der Waals surface area contributed by atoms with Gasteiger partial charge in [0.1, 0.15) is 11.9 Å². The van der Waals surface area contributed by atoms with E-state index in [1.807, 2.05) is 6.92 Å². The number of nitrogen functional groups attached to an aromatic ring is 1. The maximum absolute atomic E-state index is 13.3. The number of nitrogens with two attached hydrogens (primary N) is 1. The number of ether oxygens (including phenoxy) is 1. The summed E-state index contributed by atoms with van der Waals surface area (Å²) in [5, 5.41) is 9.21. The van der Waals surface area contributed by atoms with Gasteiger partial charge < -0.3 is 15.6 Å². The van der Waals surface area contributed by atoms with Gasteiger partial charge in [0.25, 0.3) is 10.0 Å². The molecule has 0 radical (unpaired) electrons. The van der Waals surface area contributed by atoms with Gasteiger partial charge in [0.05, 0.1) is 23.0 Å². The summed E-state index contributed by atoms with van der Waals surface area (Å²) in [6, 6.07) is 11.5. The van der Waals surface area contributed by atoms with Crippen molar-refractivity contribution >= 4 is 27.4 Å². The zero-order valence-electron chi connectivity index (χ0n) is 14.7. The molecule has 4 rings (SSSR count). The lowest BCUT2D eigenvalue weighted by Gasteiger charge is -2.36. The van der Waals surface area contributed by atoms with Crippen LogP contribution in [0.5, 0.6) is 5.75 Å². The first-order valence-electron chi connectivity index (χ1n) is 8.66. The molecule has 0 bridgehead atoms. The van der Waals surface area contributed by atoms with E-state index in [2.05, 4.69) is 0 Å². The third-order valence-electron chi connectivity index (χ3n) is 5.12. The van der Waals surface area contributed by atoms with Crippen LogP contribution in [-0.4, -0.2) is 32.1 Å². The van der Waals surface area contributed by atoms with Crippen LogP contribution in [0.2, 0.25) is 0 Å². The maximum Gasteiger partial charge on any atom is 0.306 e. The summed E-state index contributed by atoms with van der Waals surface area (Å²) in [4.78, 5) is 11.4. The zero-order valence-corrected chi connectivity index (χ0v) is 15.5. The maximum atomic E-state index is 13.3. The zero-order chi connectivity index (χ0) is 19.3. The van der Waals surface area contributed by atoms with Crippen LogP contribution < -0.4 is 14.8 Å². The predicted molar refractivity (Wildman–Crippen MR) is 100 cm³/mol. The topological polar surface area (TPSA) is 110 Å². The van der Waals surface area contributed by atoms with Gasteiger partial charge in [0.2, 0.25) is 0 Å². The molecule has 1 heterocycles. The van der Waals surface area contributed by atoms with Gasteiger partial charge in [-0.2, -0.15) is 0 Å². The summed E-state index contributed by atoms with van der Waals surface area (Å²) < 4.78 is 33.8. The minimum Gasteiger partial charge on any atom is -0.486 e. The highest BCUT2D eigenvalue weighted by molar-refractivity contribution is 7.92. The largest absolute Gasteiger partial charge is 0.486 e. The molecule has 1 saturated carbocycles. The molecule has 27 heavy (non-hydrogen) atoms. The lowest BCUT2D eigenvalue weighted by Crippen LogP contribution is -2.45. The molecule has 2 aromatic rings. The first kappa shape index (κ1) is 17.7. The Hall–Kier alpha value is -2.74. The summed E-state index contributed by atoms with van der Waals surface area (Å²) in [5.41, 5.74) is 7.62. The molecule has 3 unspecified atom stereocenters. The number of aliphatic carboxylic acids is 1. The Morgan fingerprint density at radius 2 is 1.93 bits per heavy atom. The molecule has 0 amide bonds. The third-order valence-corrected chi connectivity index (χ3v) is 6.91. The van der Waals surface area contributed by atoms with Gasteiger partial charge in [-0.25, -0.2) is 8.42 Å². The molecule has 142 valence electrons. The van der Waals surface area contributed by atoms with Crippen LogP contribution in [0.4, 0.5) is 11.4 Å². The van der Waals surface area contributed by atoms with E-state index < -0.39 is 28.0 Å². The molecule has 8 heteroatoms. The second-order valence-electron chi connectivity index (χ2n) is 7.08. The lowest BCUT2D eigenvalue weighted by molar-refractivity contribution is -0.139. The average Bonchev–Trinajstić information content (AvgIpc) is 3.42. The van der Waals surface area contributed by atoms with Gasteiger partial charge >= 0.3 is 5.97 Å². The van der Waals surface area contributed by atoms with Crippen molar-refractivity contribution in [2.24, 2.45) is 11.8 Å². The number of hydrogen-bond donors (Lipinski definition) is 2. The molecule has 1 aliphatic carbocycles. The standard InChI is InChI=1S/C19H20N2O5S/c1-11-2-5-13(6-3-11)27(24,25)21-10-18(14-9-15(14)19(22)23)26-17-7-4-12(20)8-16(17)21/h2-8,14-15,18H,9-10,20H2,1H3,(H,22,23). The highest BCUT2D eigenvalue weighted by atomic mass is 32.2. The Balaban J connectivity index is 1.75. The molecule has 0 saturated heterocycles. The fourth-order valence-corrected chi connectivity index (χ4v) is 4.97. The highest BCUT2D eigenvalue weighted by Gasteiger charge is 2.52. The van der Waals surface area contributed by atoms with Gasteiger partial charge in [-0.3, -0.25) is 9.10 Å². The first-order chi connectivity index (χ1) is 12.8. The molecule has 3 N–H and O–H groups in total. The number of aryl methyl sites for hydroxylation is 1. The van der Waals surface area contributed by atoms with Crippen LogP contribution >= 0.6 is 0 Å². The molecule has 0 aromatic heterocycles. The van der Waals surface area contributed by atoms with E-state index in [0.717, 1.165) is 5.56 Å². The monoisotopic (exact) mass is 388 g/mol. The molecule has 3 atom stereocenters. The van der Waals surface area contributed by atoms with Gasteiger partial charge in [0, 0.05) is 11.6 Å². The van der Waals surface area contributed by atoms with E-state index in [0.29, 0.717) is 23.5 Å². The summed E-state index contributed by atoms with van der Waals surface area (Å²) in [6.07, 6.45) is -0.0228. The number of hydrogen-bond acceptors (Lipinski definition) is 5. The fourth-order valence-electron chi connectivity index (χ4n) is 3.49. The Kier molecular flexibility index (Phi) is 4.03. The van der Waals surface area contributed by atoms with Crippen LogP contribution in [-0.2, 0) is 14.8 Å². The van der Waals surface area contributed by atoms with Crippen molar-refractivity contribution in [3.8, 4) is 5.75 Å². The SMILES string of the molecule is Cc1ccc(S(=O)(=O)N2CC(C3CC3C(=O)O)Oc3ccc(N)cc32)cc1. The van der Waals surface area contributed by atoms with Gasteiger partial charge in [-0.15, -0.1) is 0 Å². The Morgan fingerprint density at radius 1 is 1.22 bits per heavy atom. The number of fused-ring (bicyclic) bond motifs is 1. The second-order valence-corrected chi connectivity index (χ2v) is 8.94. The third kappa shape index (κ3) is 3.10. The van der Waals surface area contributed by atoms with Crippen molar-refractivity contribution in [2.45, 2.75) is 24.3 Å². The van der Waals surface area contributed by atoms with Crippen LogP contribution in [0.1, 0.15) is 12.0 Å². The van der Waals surface area contributed by atoms with Crippen molar-refractivity contribution in [1.29, 1.82) is 0 Å². The molecular weight excluding hydrogens is 368 g/mol. The summed E-state index contributed by atoms with van der Waals surface area (Å²) in [6.45, 7) is 1.94. The molecule has 0 spiro atoms. The molecule has 2 aliphatic rings. The van der Waals surface area contributed by atoms with Gasteiger partial charge in [0.15, 0.2) is 0 Å². The Labute approximate surface area is 157 Å². The average molecular weight is 388 g/mol. The lowest BCUT2D eigenvalue weighted by atomic mass is 10.1. The van der Waals surface area contributed by atoms with Crippen LogP contribution in [0.3, 0.4) is 0 Å².